The zero-order valence-electron chi connectivity index (χ0n) is 9.61. The second kappa shape index (κ2) is 5.86. The van der Waals surface area contributed by atoms with Crippen LogP contribution in [0.5, 0.6) is 0 Å². The van der Waals surface area contributed by atoms with Crippen LogP contribution in [0.25, 0.3) is 0 Å². The molecular weight excluding hydrogens is 191 g/mol. The summed E-state index contributed by atoms with van der Waals surface area (Å²) in [6.45, 7) is 6.12. The Labute approximate surface area is 91.3 Å². The molecule has 1 unspecified atom stereocenters. The standard InChI is InChI=1S/C13H19FO/c1-10(2)13(9-15-11(3)14)12-7-5-4-6-8-12/h4-8,10-11,13H,9H2,1-3H3/t11?,13-/m0/s1. The molecule has 0 amide bonds. The lowest BCUT2D eigenvalue weighted by Crippen LogP contribution is -2.16. The maximum Gasteiger partial charge on any atom is 0.195 e. The van der Waals surface area contributed by atoms with E-state index in [4.69, 9.17) is 4.74 Å². The van der Waals surface area contributed by atoms with Gasteiger partial charge in [0.25, 0.3) is 0 Å². The zero-order chi connectivity index (χ0) is 11.3. The van der Waals surface area contributed by atoms with Crippen molar-refractivity contribution in [3.63, 3.8) is 0 Å². The monoisotopic (exact) mass is 210 g/mol. The van der Waals surface area contributed by atoms with Crippen molar-refractivity contribution >= 4 is 0 Å². The largest absolute Gasteiger partial charge is 0.348 e. The predicted molar refractivity (Wildman–Crippen MR) is 60.5 cm³/mol. The topological polar surface area (TPSA) is 9.23 Å². The summed E-state index contributed by atoms with van der Waals surface area (Å²) in [5, 5.41) is 0. The summed E-state index contributed by atoms with van der Waals surface area (Å²) in [5.41, 5.74) is 1.22. The van der Waals surface area contributed by atoms with Gasteiger partial charge in [-0.1, -0.05) is 44.2 Å². The number of hydrogen-bond donors (Lipinski definition) is 0. The van der Waals surface area contributed by atoms with Gasteiger partial charge in [-0.05, 0) is 18.4 Å². The predicted octanol–water partition coefficient (Wildman–Crippen LogP) is 3.76. The lowest BCUT2D eigenvalue weighted by atomic mass is 9.89. The van der Waals surface area contributed by atoms with Crippen LogP contribution in [0.3, 0.4) is 0 Å². The van der Waals surface area contributed by atoms with Gasteiger partial charge in [0.05, 0.1) is 6.61 Å². The number of benzene rings is 1. The van der Waals surface area contributed by atoms with Crippen LogP contribution in [-0.4, -0.2) is 13.0 Å². The fraction of sp³-hybridized carbons (Fsp3) is 0.538. The molecule has 0 fully saturated rings. The van der Waals surface area contributed by atoms with Crippen molar-refractivity contribution in [3.05, 3.63) is 35.9 Å². The summed E-state index contributed by atoms with van der Waals surface area (Å²) in [7, 11) is 0. The van der Waals surface area contributed by atoms with Crippen LogP contribution in [0.1, 0.15) is 32.3 Å². The van der Waals surface area contributed by atoms with E-state index in [9.17, 15) is 4.39 Å². The lowest BCUT2D eigenvalue weighted by molar-refractivity contribution is -0.0350. The van der Waals surface area contributed by atoms with E-state index >= 15 is 0 Å². The molecule has 15 heavy (non-hydrogen) atoms. The molecule has 2 heteroatoms. The van der Waals surface area contributed by atoms with E-state index in [-0.39, 0.29) is 5.92 Å². The minimum absolute atomic E-state index is 0.268. The molecule has 0 saturated heterocycles. The third-order valence-corrected chi connectivity index (χ3v) is 2.54. The van der Waals surface area contributed by atoms with Gasteiger partial charge in [-0.25, -0.2) is 4.39 Å². The first-order valence-electron chi connectivity index (χ1n) is 5.42. The van der Waals surface area contributed by atoms with Gasteiger partial charge in [0, 0.05) is 5.92 Å². The maximum atomic E-state index is 12.6. The Morgan fingerprint density at radius 2 is 1.73 bits per heavy atom. The maximum absolute atomic E-state index is 12.6. The summed E-state index contributed by atoms with van der Waals surface area (Å²) < 4.78 is 17.7. The molecule has 1 nitrogen and oxygen atoms in total. The smallest absolute Gasteiger partial charge is 0.195 e. The Morgan fingerprint density at radius 3 is 2.20 bits per heavy atom. The van der Waals surface area contributed by atoms with Gasteiger partial charge in [0.15, 0.2) is 6.36 Å². The minimum atomic E-state index is -1.19. The average molecular weight is 210 g/mol. The molecule has 0 aliphatic carbocycles. The van der Waals surface area contributed by atoms with E-state index in [2.05, 4.69) is 26.0 Å². The van der Waals surface area contributed by atoms with Crippen molar-refractivity contribution in [2.24, 2.45) is 5.92 Å². The molecule has 0 N–H and O–H groups in total. The second-order valence-electron chi connectivity index (χ2n) is 4.14. The molecule has 1 rings (SSSR count). The number of ether oxygens (including phenoxy) is 1. The average Bonchev–Trinajstić information content (AvgIpc) is 2.18. The van der Waals surface area contributed by atoms with Crippen molar-refractivity contribution < 1.29 is 9.13 Å². The zero-order valence-corrected chi connectivity index (χ0v) is 9.61. The van der Waals surface area contributed by atoms with Gasteiger partial charge in [-0.15, -0.1) is 0 Å². The third kappa shape index (κ3) is 4.00. The van der Waals surface area contributed by atoms with E-state index in [1.807, 2.05) is 18.2 Å². The van der Waals surface area contributed by atoms with Gasteiger partial charge in [-0.3, -0.25) is 0 Å². The van der Waals surface area contributed by atoms with E-state index in [0.717, 1.165) is 0 Å². The van der Waals surface area contributed by atoms with E-state index in [0.29, 0.717) is 12.5 Å². The highest BCUT2D eigenvalue weighted by Crippen LogP contribution is 2.24. The molecule has 0 radical (unpaired) electrons. The Bertz CT molecular complexity index is 269. The first-order valence-corrected chi connectivity index (χ1v) is 5.42. The van der Waals surface area contributed by atoms with Gasteiger partial charge >= 0.3 is 0 Å². The third-order valence-electron chi connectivity index (χ3n) is 2.54. The first-order chi connectivity index (χ1) is 7.11. The van der Waals surface area contributed by atoms with Gasteiger partial charge < -0.3 is 4.74 Å². The Balaban J connectivity index is 2.66. The number of alkyl halides is 1. The number of rotatable bonds is 5. The number of hydrogen-bond acceptors (Lipinski definition) is 1. The molecule has 84 valence electrons. The molecule has 0 aliphatic heterocycles. The molecule has 0 heterocycles. The molecular formula is C13H19FO. The SMILES string of the molecule is CC(F)OC[C@H](c1ccccc1)C(C)C. The minimum Gasteiger partial charge on any atom is -0.348 e. The van der Waals surface area contributed by atoms with Crippen molar-refractivity contribution in [2.75, 3.05) is 6.61 Å². The van der Waals surface area contributed by atoms with Crippen LogP contribution >= 0.6 is 0 Å². The molecule has 1 aromatic carbocycles. The van der Waals surface area contributed by atoms with Crippen molar-refractivity contribution in [3.8, 4) is 0 Å². The fourth-order valence-electron chi connectivity index (χ4n) is 1.61. The molecule has 2 atom stereocenters. The summed E-state index contributed by atoms with van der Waals surface area (Å²) in [6.07, 6.45) is -1.19. The molecule has 0 aliphatic rings. The van der Waals surface area contributed by atoms with Crippen LogP contribution in [0.4, 0.5) is 4.39 Å². The van der Waals surface area contributed by atoms with Crippen LogP contribution in [0.2, 0.25) is 0 Å². The van der Waals surface area contributed by atoms with E-state index < -0.39 is 6.36 Å². The quantitative estimate of drug-likeness (QED) is 0.719. The fourth-order valence-corrected chi connectivity index (χ4v) is 1.61. The van der Waals surface area contributed by atoms with Crippen molar-refractivity contribution in [1.29, 1.82) is 0 Å². The summed E-state index contributed by atoms with van der Waals surface area (Å²) in [4.78, 5) is 0. The van der Waals surface area contributed by atoms with Crippen LogP contribution in [0, 0.1) is 5.92 Å². The van der Waals surface area contributed by atoms with Gasteiger partial charge in [0.2, 0.25) is 0 Å². The summed E-state index contributed by atoms with van der Waals surface area (Å²) in [6, 6.07) is 10.1. The van der Waals surface area contributed by atoms with Gasteiger partial charge in [0.1, 0.15) is 0 Å². The van der Waals surface area contributed by atoms with E-state index in [1.54, 1.807) is 0 Å². The van der Waals surface area contributed by atoms with Crippen LogP contribution in [0.15, 0.2) is 30.3 Å². The Kier molecular flexibility index (Phi) is 4.76. The summed E-state index contributed by atoms with van der Waals surface area (Å²) in [5.74, 6) is 0.718. The molecule has 0 saturated carbocycles. The second-order valence-corrected chi connectivity index (χ2v) is 4.14. The molecule has 0 aromatic heterocycles. The lowest BCUT2D eigenvalue weighted by Gasteiger charge is -2.21. The molecule has 0 spiro atoms. The highest BCUT2D eigenvalue weighted by Gasteiger charge is 2.16. The van der Waals surface area contributed by atoms with Crippen molar-refractivity contribution in [2.45, 2.75) is 33.0 Å². The van der Waals surface area contributed by atoms with E-state index in [1.165, 1.54) is 12.5 Å². The highest BCUT2D eigenvalue weighted by molar-refractivity contribution is 5.20. The van der Waals surface area contributed by atoms with Crippen molar-refractivity contribution in [1.82, 2.24) is 0 Å². The number of halogens is 1. The van der Waals surface area contributed by atoms with Crippen LogP contribution < -0.4 is 0 Å². The molecule has 1 aromatic rings. The Hall–Kier alpha value is -0.890. The summed E-state index contributed by atoms with van der Waals surface area (Å²) >= 11 is 0. The van der Waals surface area contributed by atoms with Crippen LogP contribution in [-0.2, 0) is 4.74 Å². The van der Waals surface area contributed by atoms with Gasteiger partial charge in [-0.2, -0.15) is 0 Å². The Morgan fingerprint density at radius 1 is 1.13 bits per heavy atom. The normalized spacial score (nSPS) is 15.3. The first kappa shape index (κ1) is 12.2. The highest BCUT2D eigenvalue weighted by atomic mass is 19.1. The molecule has 0 bridgehead atoms.